The van der Waals surface area contributed by atoms with Gasteiger partial charge in [0.15, 0.2) is 11.6 Å². The van der Waals surface area contributed by atoms with Crippen LogP contribution in [0.3, 0.4) is 0 Å². The normalized spacial score (nSPS) is 12.0. The SMILES string of the molecule is C[Si](C)(C[P+](=O)O)c1ccccc1.C[Si](C)(C[P+](=O)O)c1ccccc1.[CH3][Sn][CH3]. The Hall–Kier alpha value is -0.208. The first-order chi connectivity index (χ1) is 13.5. The van der Waals surface area contributed by atoms with Crippen molar-refractivity contribution in [1.29, 1.82) is 0 Å². The van der Waals surface area contributed by atoms with Gasteiger partial charge in [0.2, 0.25) is 0 Å². The molecule has 0 aliphatic rings. The Balaban J connectivity index is 0.000000477. The molecule has 4 nitrogen and oxygen atoms in total. The Bertz CT molecular complexity index is 681. The van der Waals surface area contributed by atoms with Crippen LogP contribution in [0, 0.1) is 0 Å². The van der Waals surface area contributed by atoms with Crippen LogP contribution in [-0.4, -0.2) is 58.6 Å². The topological polar surface area (TPSA) is 74.6 Å². The molecular weight excluding hydrogens is 541 g/mol. The van der Waals surface area contributed by atoms with Gasteiger partial charge in [-0.25, -0.2) is 0 Å². The van der Waals surface area contributed by atoms with Crippen LogP contribution in [0.5, 0.6) is 0 Å². The first-order valence-corrected chi connectivity index (χ1v) is 24.3. The van der Waals surface area contributed by atoms with Gasteiger partial charge >= 0.3 is 47.1 Å². The summed E-state index contributed by atoms with van der Waals surface area (Å²) in [4.78, 5) is 22.4. The average Bonchev–Trinajstić information content (AvgIpc) is 2.62. The molecule has 0 bridgehead atoms. The van der Waals surface area contributed by atoms with E-state index >= 15 is 0 Å². The second-order valence-electron chi connectivity index (χ2n) is 8.02. The molecule has 2 aromatic carbocycles. The van der Waals surface area contributed by atoms with Gasteiger partial charge in [-0.15, -0.1) is 0 Å². The van der Waals surface area contributed by atoms with E-state index in [4.69, 9.17) is 9.79 Å². The van der Waals surface area contributed by atoms with E-state index in [0.717, 1.165) is 0 Å². The van der Waals surface area contributed by atoms with E-state index in [9.17, 15) is 9.13 Å². The van der Waals surface area contributed by atoms with Crippen molar-refractivity contribution in [3.8, 4) is 0 Å². The molecule has 29 heavy (non-hydrogen) atoms. The molecule has 2 unspecified atom stereocenters. The molecule has 9 heteroatoms. The molecule has 0 aromatic heterocycles. The van der Waals surface area contributed by atoms with E-state index in [1.54, 1.807) is 0 Å². The van der Waals surface area contributed by atoms with E-state index in [2.05, 4.69) is 36.1 Å². The zero-order valence-electron chi connectivity index (χ0n) is 18.3. The van der Waals surface area contributed by atoms with Crippen molar-refractivity contribution >= 4 is 63.7 Å². The Kier molecular flexibility index (Phi) is 14.6. The summed E-state index contributed by atoms with van der Waals surface area (Å²) < 4.78 is 21.5. The summed E-state index contributed by atoms with van der Waals surface area (Å²) in [5, 5.41) is 2.49. The fourth-order valence-electron chi connectivity index (χ4n) is 2.64. The predicted molar refractivity (Wildman–Crippen MR) is 134 cm³/mol. The fourth-order valence-corrected chi connectivity index (χ4v) is 11.7. The third-order valence-electron chi connectivity index (χ3n) is 4.17. The van der Waals surface area contributed by atoms with Crippen LogP contribution in [0.1, 0.15) is 0 Å². The molecule has 0 saturated carbocycles. The molecule has 2 atom stereocenters. The average molecular weight is 575 g/mol. The summed E-state index contributed by atoms with van der Waals surface area (Å²) >= 11 is 0.230. The van der Waals surface area contributed by atoms with Gasteiger partial charge in [-0.05, 0) is 9.13 Å². The third-order valence-corrected chi connectivity index (χ3v) is 16.5. The summed E-state index contributed by atoms with van der Waals surface area (Å²) in [5.74, 6) is 0.901. The van der Waals surface area contributed by atoms with Crippen LogP contribution in [-0.2, 0) is 9.13 Å². The van der Waals surface area contributed by atoms with Crippen LogP contribution in [0.25, 0.3) is 0 Å². The van der Waals surface area contributed by atoms with Crippen LogP contribution in [0.4, 0.5) is 0 Å². The van der Waals surface area contributed by atoms with Crippen LogP contribution >= 0.6 is 16.1 Å². The standard InChI is InChI=1S/2C9H13O2PSi.2CH3.Sn/c2*1-13(2,8-12(10)11)9-6-4-3-5-7-9;;;/h2*3-7H,8H2,1-2H3;2*1H3;/p+2. The number of rotatable bonds is 6. The first-order valence-electron chi connectivity index (χ1n) is 9.43. The third kappa shape index (κ3) is 12.9. The van der Waals surface area contributed by atoms with Crippen molar-refractivity contribution in [1.82, 2.24) is 0 Å². The summed E-state index contributed by atoms with van der Waals surface area (Å²) in [7, 11) is -7.35. The van der Waals surface area contributed by atoms with Gasteiger partial charge in [0.25, 0.3) is 0 Å². The van der Waals surface area contributed by atoms with Crippen molar-refractivity contribution in [2.24, 2.45) is 0 Å². The molecule has 0 heterocycles. The van der Waals surface area contributed by atoms with Gasteiger partial charge in [0.1, 0.15) is 16.1 Å². The molecule has 0 spiro atoms. The van der Waals surface area contributed by atoms with Gasteiger partial charge in [0.05, 0.1) is 0 Å². The Morgan fingerprint density at radius 1 is 0.690 bits per heavy atom. The summed E-state index contributed by atoms with van der Waals surface area (Å²) in [6.07, 6.45) is 0. The van der Waals surface area contributed by atoms with E-state index in [1.165, 1.54) is 10.4 Å². The molecule has 2 N–H and O–H groups in total. The number of benzene rings is 2. The number of hydrogen-bond donors (Lipinski definition) is 2. The van der Waals surface area contributed by atoms with Crippen molar-refractivity contribution < 1.29 is 18.9 Å². The second kappa shape index (κ2) is 14.7. The van der Waals surface area contributed by atoms with E-state index in [-0.39, 0.29) is 21.1 Å². The van der Waals surface area contributed by atoms with E-state index in [0.29, 0.717) is 11.6 Å². The molecule has 0 aliphatic heterocycles. The van der Waals surface area contributed by atoms with E-state index < -0.39 is 32.2 Å². The Morgan fingerprint density at radius 2 is 0.931 bits per heavy atom. The van der Waals surface area contributed by atoms with Gasteiger partial charge in [0, 0.05) is 0 Å². The quantitative estimate of drug-likeness (QED) is 0.392. The molecule has 2 radical (unpaired) electrons. The van der Waals surface area contributed by atoms with Crippen molar-refractivity contribution in [2.75, 3.05) is 11.6 Å². The minimum atomic E-state index is -2.00. The second-order valence-corrected chi connectivity index (χ2v) is 23.5. The van der Waals surface area contributed by atoms with Crippen LogP contribution in [0.2, 0.25) is 36.1 Å². The summed E-state index contributed by atoms with van der Waals surface area (Å²) in [5.41, 5.74) is 0. The molecule has 158 valence electrons. The first kappa shape index (κ1) is 28.8. The Morgan fingerprint density at radius 3 is 1.14 bits per heavy atom. The van der Waals surface area contributed by atoms with Gasteiger partial charge < -0.3 is 0 Å². The fraction of sp³-hybridized carbons (Fsp3) is 0.400. The molecular formula is C20H34O4P2Si2Sn+2. The molecule has 2 rings (SSSR count). The van der Waals surface area contributed by atoms with Crippen molar-refractivity contribution in [2.45, 2.75) is 36.1 Å². The maximum atomic E-state index is 10.8. The Labute approximate surface area is 190 Å². The molecule has 0 fully saturated rings. The van der Waals surface area contributed by atoms with Crippen molar-refractivity contribution in [3.63, 3.8) is 0 Å². The monoisotopic (exact) mass is 576 g/mol. The van der Waals surface area contributed by atoms with Gasteiger partial charge in [-0.2, -0.15) is 9.79 Å². The summed E-state index contributed by atoms with van der Waals surface area (Å²) in [6, 6.07) is 20.0. The summed E-state index contributed by atoms with van der Waals surface area (Å²) in [6.45, 7) is 8.47. The molecule has 0 saturated heterocycles. The van der Waals surface area contributed by atoms with E-state index in [1.807, 2.05) is 60.7 Å². The molecule has 0 amide bonds. The van der Waals surface area contributed by atoms with Gasteiger partial charge in [-0.1, -0.05) is 97.2 Å². The zero-order valence-corrected chi connectivity index (χ0v) is 24.9. The molecule has 0 aliphatic carbocycles. The number of hydrogen-bond acceptors (Lipinski definition) is 2. The minimum absolute atomic E-state index is 0.230. The van der Waals surface area contributed by atoms with Crippen LogP contribution < -0.4 is 10.4 Å². The van der Waals surface area contributed by atoms with Gasteiger partial charge in [-0.3, -0.25) is 0 Å². The predicted octanol–water partition coefficient (Wildman–Crippen LogP) is 4.54. The van der Waals surface area contributed by atoms with Crippen LogP contribution in [0.15, 0.2) is 60.7 Å². The van der Waals surface area contributed by atoms with Crippen molar-refractivity contribution in [3.05, 3.63) is 60.7 Å². The molecule has 2 aromatic rings. The maximum absolute atomic E-state index is 10.8. The zero-order chi connectivity index (χ0) is 22.5.